The van der Waals surface area contributed by atoms with Gasteiger partial charge in [-0.25, -0.2) is 0 Å². The maximum atomic E-state index is 12.6. The molecule has 8 heteroatoms. The maximum Gasteiger partial charge on any atom is 0.307 e. The minimum Gasteiger partial charge on any atom is -0.324 e. The van der Waals surface area contributed by atoms with Gasteiger partial charge in [-0.15, -0.1) is 0 Å². The van der Waals surface area contributed by atoms with Crippen molar-refractivity contribution < 1.29 is 4.79 Å². The fourth-order valence-electron chi connectivity index (χ4n) is 2.60. The van der Waals surface area contributed by atoms with Crippen molar-refractivity contribution in [2.24, 2.45) is 0 Å². The van der Waals surface area contributed by atoms with Crippen LogP contribution in [0.25, 0.3) is 0 Å². The van der Waals surface area contributed by atoms with Crippen molar-refractivity contribution in [3.8, 4) is 0 Å². The van der Waals surface area contributed by atoms with E-state index in [2.05, 4.69) is 36.4 Å². The zero-order chi connectivity index (χ0) is 20.6. The number of anilines is 5. The van der Waals surface area contributed by atoms with E-state index in [9.17, 15) is 4.79 Å². The first kappa shape index (κ1) is 18.9. The Balaban J connectivity index is 1.58. The lowest BCUT2D eigenvalue weighted by Crippen LogP contribution is -2.31. The lowest BCUT2D eigenvalue weighted by atomic mass is 10.3. The van der Waals surface area contributed by atoms with Crippen LogP contribution in [0.3, 0.4) is 0 Å². The third kappa shape index (κ3) is 5.08. The van der Waals surface area contributed by atoms with Gasteiger partial charge in [0.1, 0.15) is 0 Å². The molecular formula is C22H19N7O. The summed E-state index contributed by atoms with van der Waals surface area (Å²) in [6.45, 7) is 0. The molecule has 0 spiro atoms. The molecule has 1 amide bonds. The molecule has 0 unspecified atom stereocenters. The quantitative estimate of drug-likeness (QED) is 0.348. The van der Waals surface area contributed by atoms with Crippen molar-refractivity contribution in [3.63, 3.8) is 0 Å². The van der Waals surface area contributed by atoms with E-state index in [1.54, 1.807) is 0 Å². The molecule has 0 aliphatic carbocycles. The molecule has 8 nitrogen and oxygen atoms in total. The lowest BCUT2D eigenvalue weighted by molar-refractivity contribution is 0.0952. The Hall–Kier alpha value is -4.46. The first-order valence-corrected chi connectivity index (χ1v) is 9.28. The average molecular weight is 397 g/mol. The van der Waals surface area contributed by atoms with Crippen LogP contribution >= 0.6 is 0 Å². The Labute approximate surface area is 173 Å². The lowest BCUT2D eigenvalue weighted by Gasteiger charge is -2.11. The van der Waals surface area contributed by atoms with Crippen LogP contribution in [0.2, 0.25) is 0 Å². The topological polar surface area (TPSA) is 104 Å². The Morgan fingerprint density at radius 2 is 1.00 bits per heavy atom. The smallest absolute Gasteiger partial charge is 0.307 e. The molecule has 0 saturated heterocycles. The maximum absolute atomic E-state index is 12.6. The Morgan fingerprint density at radius 3 is 1.47 bits per heavy atom. The molecule has 1 heterocycles. The van der Waals surface area contributed by atoms with Gasteiger partial charge in [0, 0.05) is 11.4 Å². The predicted molar refractivity (Wildman–Crippen MR) is 117 cm³/mol. The largest absolute Gasteiger partial charge is 0.324 e. The van der Waals surface area contributed by atoms with Crippen molar-refractivity contribution in [3.05, 3.63) is 96.8 Å². The van der Waals surface area contributed by atoms with E-state index >= 15 is 0 Å². The molecule has 148 valence electrons. The van der Waals surface area contributed by atoms with Crippen LogP contribution in [-0.4, -0.2) is 20.9 Å². The van der Waals surface area contributed by atoms with Crippen molar-refractivity contribution in [2.75, 3.05) is 16.1 Å². The third-order valence-electron chi connectivity index (χ3n) is 3.99. The summed E-state index contributed by atoms with van der Waals surface area (Å²) < 4.78 is 0. The SMILES string of the molecule is O=C(NNc1ccccc1)c1nc(Nc2ccccc2)nc(Nc2ccccc2)n1. The van der Waals surface area contributed by atoms with Gasteiger partial charge in [0.15, 0.2) is 0 Å². The average Bonchev–Trinajstić information content (AvgIpc) is 2.79. The van der Waals surface area contributed by atoms with E-state index in [0.29, 0.717) is 0 Å². The summed E-state index contributed by atoms with van der Waals surface area (Å²) in [4.78, 5) is 25.5. The van der Waals surface area contributed by atoms with Gasteiger partial charge in [-0.05, 0) is 36.4 Å². The molecule has 4 rings (SSSR count). The number of amides is 1. The van der Waals surface area contributed by atoms with Gasteiger partial charge in [0.05, 0.1) is 5.69 Å². The predicted octanol–water partition coefficient (Wildman–Crippen LogP) is 4.12. The van der Waals surface area contributed by atoms with Crippen LogP contribution in [0.5, 0.6) is 0 Å². The summed E-state index contributed by atoms with van der Waals surface area (Å²) in [5.74, 6) is -0.0299. The molecule has 0 saturated carbocycles. The van der Waals surface area contributed by atoms with Crippen LogP contribution < -0.4 is 21.5 Å². The molecule has 4 aromatic rings. The number of hydrazine groups is 1. The highest BCUT2D eigenvalue weighted by molar-refractivity contribution is 5.91. The first-order valence-electron chi connectivity index (χ1n) is 9.28. The van der Waals surface area contributed by atoms with Crippen LogP contribution in [0.4, 0.5) is 29.0 Å². The number of aromatic nitrogens is 3. The summed E-state index contributed by atoms with van der Waals surface area (Å²) in [6.07, 6.45) is 0. The van der Waals surface area contributed by atoms with Gasteiger partial charge in [-0.1, -0.05) is 54.6 Å². The molecule has 3 aromatic carbocycles. The molecule has 30 heavy (non-hydrogen) atoms. The fraction of sp³-hybridized carbons (Fsp3) is 0. The molecule has 0 aliphatic rings. The molecule has 1 aromatic heterocycles. The summed E-state index contributed by atoms with van der Waals surface area (Å²) >= 11 is 0. The number of rotatable bonds is 7. The number of hydrogen-bond donors (Lipinski definition) is 4. The first-order chi connectivity index (χ1) is 14.8. The minimum atomic E-state index is -0.492. The van der Waals surface area contributed by atoms with E-state index in [0.717, 1.165) is 17.1 Å². The summed E-state index contributed by atoms with van der Waals surface area (Å²) in [7, 11) is 0. The number of para-hydroxylation sites is 3. The molecule has 0 atom stereocenters. The third-order valence-corrected chi connectivity index (χ3v) is 3.99. The van der Waals surface area contributed by atoms with Crippen LogP contribution in [0.1, 0.15) is 10.6 Å². The minimum absolute atomic E-state index is 0.0368. The molecule has 0 aliphatic heterocycles. The highest BCUT2D eigenvalue weighted by atomic mass is 16.2. The van der Waals surface area contributed by atoms with Crippen molar-refractivity contribution in [1.82, 2.24) is 20.4 Å². The second-order valence-electron chi connectivity index (χ2n) is 6.23. The number of carbonyl (C=O) groups excluding carboxylic acids is 1. The van der Waals surface area contributed by atoms with Crippen LogP contribution in [0.15, 0.2) is 91.0 Å². The van der Waals surface area contributed by atoms with Gasteiger partial charge in [0.25, 0.3) is 0 Å². The van der Waals surface area contributed by atoms with E-state index in [1.807, 2.05) is 91.0 Å². The number of hydrogen-bond acceptors (Lipinski definition) is 7. The number of carbonyl (C=O) groups is 1. The Morgan fingerprint density at radius 1 is 0.567 bits per heavy atom. The van der Waals surface area contributed by atoms with Gasteiger partial charge in [0.2, 0.25) is 17.7 Å². The highest BCUT2D eigenvalue weighted by Crippen LogP contribution is 2.17. The number of nitrogens with zero attached hydrogens (tertiary/aromatic N) is 3. The van der Waals surface area contributed by atoms with Gasteiger partial charge in [-0.3, -0.25) is 15.6 Å². The van der Waals surface area contributed by atoms with Gasteiger partial charge < -0.3 is 10.6 Å². The number of nitrogens with one attached hydrogen (secondary N) is 4. The van der Waals surface area contributed by atoms with E-state index in [1.165, 1.54) is 0 Å². The molecule has 0 bridgehead atoms. The van der Waals surface area contributed by atoms with Crippen LogP contribution in [-0.2, 0) is 0 Å². The molecule has 0 radical (unpaired) electrons. The van der Waals surface area contributed by atoms with Crippen molar-refractivity contribution >= 4 is 34.9 Å². The normalized spacial score (nSPS) is 10.1. The van der Waals surface area contributed by atoms with Crippen molar-refractivity contribution in [1.29, 1.82) is 0 Å². The van der Waals surface area contributed by atoms with Crippen molar-refractivity contribution in [2.45, 2.75) is 0 Å². The number of benzene rings is 3. The van der Waals surface area contributed by atoms with Gasteiger partial charge >= 0.3 is 5.91 Å². The fourth-order valence-corrected chi connectivity index (χ4v) is 2.60. The zero-order valence-electron chi connectivity index (χ0n) is 15.9. The second-order valence-corrected chi connectivity index (χ2v) is 6.23. The second kappa shape index (κ2) is 9.16. The standard InChI is InChI=1S/C22H19N7O/c30-20(29-28-18-14-8-3-9-15-18)19-25-21(23-16-10-4-1-5-11-16)27-22(26-19)24-17-12-6-2-7-13-17/h1-15,28H,(H,29,30)(H2,23,24,25,26,27). The highest BCUT2D eigenvalue weighted by Gasteiger charge is 2.14. The van der Waals surface area contributed by atoms with E-state index in [-0.39, 0.29) is 17.7 Å². The van der Waals surface area contributed by atoms with Crippen LogP contribution in [0, 0.1) is 0 Å². The van der Waals surface area contributed by atoms with E-state index < -0.39 is 5.91 Å². The zero-order valence-corrected chi connectivity index (χ0v) is 15.9. The summed E-state index contributed by atoms with van der Waals surface area (Å²) in [6, 6.07) is 28.2. The van der Waals surface area contributed by atoms with E-state index in [4.69, 9.17) is 0 Å². The Kier molecular flexibility index (Phi) is 5.76. The summed E-state index contributed by atoms with van der Waals surface area (Å²) in [5, 5.41) is 6.19. The molecule has 0 fully saturated rings. The summed E-state index contributed by atoms with van der Waals surface area (Å²) in [5.41, 5.74) is 7.77. The molecular weight excluding hydrogens is 378 g/mol. The monoisotopic (exact) mass is 397 g/mol. The Bertz CT molecular complexity index is 1050. The van der Waals surface area contributed by atoms with Gasteiger partial charge in [-0.2, -0.15) is 15.0 Å². The molecule has 4 N–H and O–H groups in total.